The van der Waals surface area contributed by atoms with Gasteiger partial charge < -0.3 is 64.1 Å². The lowest BCUT2D eigenvalue weighted by Crippen LogP contribution is -2.43. The van der Waals surface area contributed by atoms with Gasteiger partial charge in [0.2, 0.25) is 0 Å². The first-order valence-electron chi connectivity index (χ1n) is 35.0. The highest BCUT2D eigenvalue weighted by molar-refractivity contribution is 6.14. The third-order valence-corrected chi connectivity index (χ3v) is 18.6. The molecule has 0 fully saturated rings. The van der Waals surface area contributed by atoms with Crippen molar-refractivity contribution in [3.63, 3.8) is 0 Å². The molecule has 0 spiro atoms. The summed E-state index contributed by atoms with van der Waals surface area (Å²) in [6, 6.07) is 55.8. The van der Waals surface area contributed by atoms with Crippen LogP contribution in [-0.4, -0.2) is 99.2 Å². The molecule has 0 saturated carbocycles. The predicted octanol–water partition coefficient (Wildman–Crippen LogP) is 12.9. The minimum atomic E-state index is -0.747. The number of aromatic nitrogens is 6. The molecule has 0 aliphatic rings. The number of pyridine rings is 2. The Labute approximate surface area is 630 Å². The molecule has 0 saturated heterocycles. The van der Waals surface area contributed by atoms with Gasteiger partial charge in [-0.3, -0.25) is 48.0 Å². The van der Waals surface area contributed by atoms with Crippen LogP contribution in [0.5, 0.6) is 23.0 Å². The van der Waals surface area contributed by atoms with Crippen LogP contribution in [0.25, 0.3) is 43.7 Å². The molecule has 8 aromatic carbocycles. The fraction of sp³-hybridized carbons (Fsp3) is 0.167. The van der Waals surface area contributed by atoms with Gasteiger partial charge in [0, 0.05) is 111 Å². The summed E-state index contributed by atoms with van der Waals surface area (Å²) in [5.41, 5.74) is 9.03. The van der Waals surface area contributed by atoms with Gasteiger partial charge in [0.05, 0.1) is 97.2 Å². The van der Waals surface area contributed by atoms with Crippen molar-refractivity contribution in [3.8, 4) is 23.0 Å². The highest BCUT2D eigenvalue weighted by Crippen LogP contribution is 2.37. The van der Waals surface area contributed by atoms with E-state index < -0.39 is 28.3 Å². The molecule has 110 heavy (non-hydrogen) atoms. The number of quaternary nitrogens is 1. The van der Waals surface area contributed by atoms with E-state index in [0.717, 1.165) is 82.2 Å². The maximum absolute atomic E-state index is 14.5. The first kappa shape index (κ1) is 74.5. The molecular formula is C84H76N12O14. The number of hydrogen-bond donors (Lipinski definition) is 4. The average molecular weight is 1480 g/mol. The van der Waals surface area contributed by atoms with E-state index in [9.17, 15) is 39.2 Å². The second-order valence-electron chi connectivity index (χ2n) is 26.2. The van der Waals surface area contributed by atoms with E-state index in [4.69, 9.17) is 27.8 Å². The molecule has 6 heterocycles. The minimum Gasteiger partial charge on any atom is -0.632 e. The van der Waals surface area contributed by atoms with Crippen LogP contribution in [0.3, 0.4) is 0 Å². The summed E-state index contributed by atoms with van der Waals surface area (Å²) in [6.45, 7) is 2.78. The molecule has 6 aromatic heterocycles. The van der Waals surface area contributed by atoms with Crippen molar-refractivity contribution in [2.45, 2.75) is 39.0 Å². The molecule has 0 aliphatic heterocycles. The smallest absolute Gasteiger partial charge is 0.291 e. The molecule has 26 heteroatoms. The van der Waals surface area contributed by atoms with Gasteiger partial charge in [-0.15, -0.1) is 0 Å². The second-order valence-corrected chi connectivity index (χ2v) is 26.2. The van der Waals surface area contributed by atoms with Crippen molar-refractivity contribution >= 4 is 90.1 Å². The SMILES string of the molecule is COc1cc(NC(=O)c2cc(=O)c3ccccc3o2)c(C(=O)Nc2ccc(CCN(Cc3cccnc3)Cc3ccc4c(cnn4C)c3)cc2)cc1OC.COc1cc(NC(=O)c2cc(=O)c3ccccc3o2)c(C(=O)Nc2ccc(CC[N+]([O-])(Cc3ccc4c(cnn4C)c3)Cc3ccc[n+]([O-])c3)cc2)cc1OC. The first-order chi connectivity index (χ1) is 53.3. The molecule has 556 valence electrons. The van der Waals surface area contributed by atoms with Crippen molar-refractivity contribution < 1.29 is 56.3 Å². The lowest BCUT2D eigenvalue weighted by atomic mass is 10.1. The van der Waals surface area contributed by atoms with E-state index in [0.29, 0.717) is 50.4 Å². The van der Waals surface area contributed by atoms with E-state index in [2.05, 4.69) is 65.6 Å². The molecule has 1 unspecified atom stereocenters. The summed E-state index contributed by atoms with van der Waals surface area (Å²) in [6.07, 6.45) is 11.3. The van der Waals surface area contributed by atoms with E-state index in [1.807, 2.05) is 91.8 Å². The maximum Gasteiger partial charge on any atom is 0.291 e. The largest absolute Gasteiger partial charge is 0.632 e. The third kappa shape index (κ3) is 17.7. The van der Waals surface area contributed by atoms with Crippen LogP contribution in [0.1, 0.15) is 75.2 Å². The van der Waals surface area contributed by atoms with Gasteiger partial charge in [-0.05, 0) is 126 Å². The number of anilines is 4. The molecule has 0 aliphatic carbocycles. The van der Waals surface area contributed by atoms with Crippen molar-refractivity contribution in [1.82, 2.24) is 29.4 Å². The van der Waals surface area contributed by atoms with Gasteiger partial charge in [-0.25, -0.2) is 0 Å². The number of hydrogen-bond acceptors (Lipinski definition) is 18. The topological polar surface area (TPSA) is 316 Å². The molecule has 14 aromatic rings. The van der Waals surface area contributed by atoms with Crippen LogP contribution < -0.4 is 55.8 Å². The maximum atomic E-state index is 14.5. The van der Waals surface area contributed by atoms with Gasteiger partial charge in [-0.1, -0.05) is 66.7 Å². The number of amides is 4. The Balaban J connectivity index is 0.000000193. The zero-order valence-corrected chi connectivity index (χ0v) is 60.9. The summed E-state index contributed by atoms with van der Waals surface area (Å²) in [5.74, 6) is -1.85. The van der Waals surface area contributed by atoms with Gasteiger partial charge in [0.1, 0.15) is 24.3 Å². The molecular weight excluding hydrogens is 1400 g/mol. The lowest BCUT2D eigenvalue weighted by molar-refractivity contribution is -0.907. The van der Waals surface area contributed by atoms with E-state index in [-0.39, 0.29) is 87.2 Å². The Bertz CT molecular complexity index is 5870. The van der Waals surface area contributed by atoms with Crippen molar-refractivity contribution in [1.29, 1.82) is 0 Å². The highest BCUT2D eigenvalue weighted by Gasteiger charge is 2.26. The van der Waals surface area contributed by atoms with Gasteiger partial charge >= 0.3 is 0 Å². The molecule has 4 amide bonds. The fourth-order valence-corrected chi connectivity index (χ4v) is 13.0. The fourth-order valence-electron chi connectivity index (χ4n) is 13.0. The Morgan fingerprint density at radius 3 is 1.46 bits per heavy atom. The van der Waals surface area contributed by atoms with E-state index in [1.54, 1.807) is 89.9 Å². The van der Waals surface area contributed by atoms with Gasteiger partial charge in [0.15, 0.2) is 57.8 Å². The Morgan fingerprint density at radius 1 is 0.491 bits per heavy atom. The van der Waals surface area contributed by atoms with Gasteiger partial charge in [-0.2, -0.15) is 14.9 Å². The van der Waals surface area contributed by atoms with Crippen LogP contribution >= 0.6 is 0 Å². The normalized spacial score (nSPS) is 11.7. The van der Waals surface area contributed by atoms with Crippen LogP contribution in [0.4, 0.5) is 22.7 Å². The highest BCUT2D eigenvalue weighted by atomic mass is 16.5. The molecule has 0 bridgehead atoms. The van der Waals surface area contributed by atoms with Crippen molar-refractivity contribution in [3.05, 3.63) is 318 Å². The lowest BCUT2D eigenvalue weighted by Gasteiger charge is -2.43. The molecule has 0 radical (unpaired) electrons. The minimum absolute atomic E-state index is 0.0569. The van der Waals surface area contributed by atoms with E-state index in [1.165, 1.54) is 70.7 Å². The monoisotopic (exact) mass is 1480 g/mol. The van der Waals surface area contributed by atoms with Crippen molar-refractivity contribution in [2.75, 3.05) is 62.8 Å². The Hall–Kier alpha value is -13.8. The summed E-state index contributed by atoms with van der Waals surface area (Å²) in [5, 5.41) is 49.1. The number of benzene rings is 8. The number of para-hydroxylation sites is 2. The summed E-state index contributed by atoms with van der Waals surface area (Å²) in [4.78, 5) is 86.2. The van der Waals surface area contributed by atoms with Crippen LogP contribution in [0.15, 0.2) is 250 Å². The summed E-state index contributed by atoms with van der Waals surface area (Å²) >= 11 is 0. The molecule has 14 rings (SSSR count). The zero-order valence-electron chi connectivity index (χ0n) is 60.9. The summed E-state index contributed by atoms with van der Waals surface area (Å²) in [7, 11) is 9.56. The van der Waals surface area contributed by atoms with E-state index >= 15 is 0 Å². The van der Waals surface area contributed by atoms with Crippen LogP contribution in [0, 0.1) is 10.4 Å². The number of nitrogens with one attached hydrogen (secondary N) is 4. The second kappa shape index (κ2) is 33.3. The number of fused-ring (bicyclic) bond motifs is 4. The number of rotatable bonds is 26. The van der Waals surface area contributed by atoms with Crippen molar-refractivity contribution in [2.24, 2.45) is 14.1 Å². The van der Waals surface area contributed by atoms with Crippen LogP contribution in [0.2, 0.25) is 0 Å². The first-order valence-corrected chi connectivity index (χ1v) is 35.0. The standard InChI is InChI=1S/C42H38N6O8.C42H38N6O6/c1-46-35-15-12-28(19-30(35)23-43-46)25-48(53,26-29-7-6-17-47(52)24-29)18-16-27-10-13-31(14-11-27)44-41(50)33-20-38(54-2)39(55-3)21-34(33)45-42(51)40-22-36(49)32-8-4-5-9-37(32)56-40;1-47-35-15-12-28(19-30(35)24-44-47)25-48(26-29-7-6-17-43-23-29)18-16-27-10-13-31(14-11-27)45-41(50)33-20-38(52-2)39(53-3)21-34(33)46-42(51)40-22-36(49)32-8-4-5-9-37(32)54-40/h4-15,17,19-24H,16,18,25-26H2,1-3H3,(H,44,50)(H,45,51);4-15,17,19-24H,16,18,25-26H2,1-3H3,(H,45,50)(H,46,51). The number of aryl methyl sites for hydroxylation is 2. The van der Waals surface area contributed by atoms with Crippen LogP contribution in [-0.2, 0) is 53.1 Å². The molecule has 1 atom stereocenters. The summed E-state index contributed by atoms with van der Waals surface area (Å²) < 4.78 is 36.9. The number of carbonyl (C=O) groups excluding carboxylic acids is 4. The number of nitrogens with zero attached hydrogens (tertiary/aromatic N) is 8. The number of methoxy groups -OCH3 is 4. The third-order valence-electron chi connectivity index (χ3n) is 18.6. The number of hydroxylamine groups is 3. The Kier molecular flexibility index (Phi) is 22.6. The Morgan fingerprint density at radius 2 is 0.955 bits per heavy atom. The quantitative estimate of drug-likeness (QED) is 0.0169. The zero-order chi connectivity index (χ0) is 77.0. The molecule has 4 N–H and O–H groups in total. The number of ether oxygens (including phenoxy) is 4. The number of carbonyl (C=O) groups is 4. The molecule has 26 nitrogen and oxygen atoms in total. The average Bonchev–Trinajstić information content (AvgIpc) is 1.37. The predicted molar refractivity (Wildman–Crippen MR) is 417 cm³/mol. The van der Waals surface area contributed by atoms with Gasteiger partial charge in [0.25, 0.3) is 23.6 Å².